The Labute approximate surface area is 163 Å². The minimum Gasteiger partial charge on any atom is -0.480 e. The van der Waals surface area contributed by atoms with Crippen molar-refractivity contribution in [3.63, 3.8) is 0 Å². The van der Waals surface area contributed by atoms with Gasteiger partial charge in [0.05, 0.1) is 24.5 Å². The van der Waals surface area contributed by atoms with Gasteiger partial charge in [0.2, 0.25) is 0 Å². The number of hydrogen-bond acceptors (Lipinski definition) is 6. The highest BCUT2D eigenvalue weighted by molar-refractivity contribution is 5.69. The number of rotatable bonds is 11. The van der Waals surface area contributed by atoms with Gasteiger partial charge < -0.3 is 10.1 Å². The lowest BCUT2D eigenvalue weighted by Gasteiger charge is -2.26. The summed E-state index contributed by atoms with van der Waals surface area (Å²) >= 11 is 0. The molecule has 0 amide bonds. The third-order valence-corrected chi connectivity index (χ3v) is 4.24. The molecule has 0 spiro atoms. The Morgan fingerprint density at radius 1 is 0.857 bits per heavy atom. The molecular weight excluding hydrogens is 356 g/mol. The maximum Gasteiger partial charge on any atom is 0.317 e. The number of nitrogens with one attached hydrogen (secondary N) is 1. The highest BCUT2D eigenvalue weighted by Gasteiger charge is 2.15. The molecule has 8 nitrogen and oxygen atoms in total. The van der Waals surface area contributed by atoms with Gasteiger partial charge in [-0.3, -0.25) is 24.6 Å². The number of H-pyrrole nitrogens is 1. The van der Waals surface area contributed by atoms with Gasteiger partial charge in [-0.2, -0.15) is 0 Å². The van der Waals surface area contributed by atoms with Crippen molar-refractivity contribution in [1.29, 1.82) is 0 Å². The van der Waals surface area contributed by atoms with Gasteiger partial charge in [0.1, 0.15) is 5.82 Å². The van der Waals surface area contributed by atoms with Gasteiger partial charge >= 0.3 is 5.97 Å². The first-order valence-corrected chi connectivity index (χ1v) is 9.13. The molecule has 3 aromatic heterocycles. The molecule has 146 valence electrons. The zero-order valence-corrected chi connectivity index (χ0v) is 15.6. The van der Waals surface area contributed by atoms with Gasteiger partial charge in [-0.15, -0.1) is 0 Å². The molecule has 2 N–H and O–H groups in total. The molecule has 3 heterocycles. The van der Waals surface area contributed by atoms with Gasteiger partial charge in [0, 0.05) is 51.0 Å². The maximum atomic E-state index is 11.3. The summed E-state index contributed by atoms with van der Waals surface area (Å²) in [4.78, 5) is 31.5. The molecule has 0 saturated carbocycles. The van der Waals surface area contributed by atoms with Crippen molar-refractivity contribution in [2.75, 3.05) is 19.6 Å². The number of aromatic amines is 1. The number of carboxylic acid groups (broad SMARTS) is 1. The Hall–Kier alpha value is -3.10. The fourth-order valence-electron chi connectivity index (χ4n) is 2.94. The lowest BCUT2D eigenvalue weighted by atomic mass is 10.3. The number of imidazole rings is 1. The van der Waals surface area contributed by atoms with Crippen LogP contribution in [0.5, 0.6) is 0 Å². The molecule has 0 atom stereocenters. The topological polar surface area (TPSA) is 98.2 Å². The quantitative estimate of drug-likeness (QED) is 0.523. The number of aliphatic carboxylic acids is 1. The summed E-state index contributed by atoms with van der Waals surface area (Å²) in [6.45, 7) is 3.02. The van der Waals surface area contributed by atoms with E-state index in [1.54, 1.807) is 24.8 Å². The van der Waals surface area contributed by atoms with Crippen molar-refractivity contribution in [1.82, 2.24) is 29.7 Å². The molecule has 0 aliphatic carbocycles. The van der Waals surface area contributed by atoms with Gasteiger partial charge in [-0.05, 0) is 24.3 Å². The van der Waals surface area contributed by atoms with E-state index in [0.717, 1.165) is 17.2 Å². The molecule has 0 bridgehead atoms. The molecule has 0 aliphatic heterocycles. The standard InChI is InChI=1S/C20H24N6O2/c27-20(28)16-26(14-18-6-2-4-8-22-18)12-11-25(15-19-23-9-10-24-19)13-17-5-1-3-7-21-17/h1-10H,11-16H2,(H,23,24)(H,27,28). The number of pyridine rings is 2. The summed E-state index contributed by atoms with van der Waals surface area (Å²) in [6.07, 6.45) is 7.02. The van der Waals surface area contributed by atoms with Crippen LogP contribution in [-0.4, -0.2) is 60.4 Å². The monoisotopic (exact) mass is 380 g/mol. The second-order valence-electron chi connectivity index (χ2n) is 6.49. The molecule has 0 aliphatic rings. The SMILES string of the molecule is O=C(O)CN(CCN(Cc1ccccn1)Cc1ncc[nH]1)Cc1ccccn1. The molecule has 3 rings (SSSR count). The summed E-state index contributed by atoms with van der Waals surface area (Å²) < 4.78 is 0. The number of nitrogens with zero attached hydrogens (tertiary/aromatic N) is 5. The fraction of sp³-hybridized carbons (Fsp3) is 0.300. The smallest absolute Gasteiger partial charge is 0.317 e. The van der Waals surface area contributed by atoms with E-state index in [-0.39, 0.29) is 6.54 Å². The maximum absolute atomic E-state index is 11.3. The first-order valence-electron chi connectivity index (χ1n) is 9.13. The molecule has 0 aromatic carbocycles. The Kier molecular flexibility index (Phi) is 7.22. The van der Waals surface area contributed by atoms with Crippen molar-refractivity contribution in [2.45, 2.75) is 19.6 Å². The van der Waals surface area contributed by atoms with Crippen LogP contribution in [0.4, 0.5) is 0 Å². The highest BCUT2D eigenvalue weighted by atomic mass is 16.4. The van der Waals surface area contributed by atoms with Crippen LogP contribution in [0.2, 0.25) is 0 Å². The summed E-state index contributed by atoms with van der Waals surface area (Å²) in [5.41, 5.74) is 1.81. The third-order valence-electron chi connectivity index (χ3n) is 4.24. The van der Waals surface area contributed by atoms with Crippen molar-refractivity contribution in [2.24, 2.45) is 0 Å². The number of aromatic nitrogens is 4. The van der Waals surface area contributed by atoms with Crippen LogP contribution in [0.25, 0.3) is 0 Å². The van der Waals surface area contributed by atoms with Crippen molar-refractivity contribution < 1.29 is 9.90 Å². The third kappa shape index (κ3) is 6.57. The van der Waals surface area contributed by atoms with Gasteiger partial charge in [-0.25, -0.2) is 4.98 Å². The van der Waals surface area contributed by atoms with Gasteiger partial charge in [0.25, 0.3) is 0 Å². The van der Waals surface area contributed by atoms with E-state index in [9.17, 15) is 9.90 Å². The van der Waals surface area contributed by atoms with Crippen molar-refractivity contribution >= 4 is 5.97 Å². The first kappa shape index (κ1) is 19.7. The van der Waals surface area contributed by atoms with E-state index < -0.39 is 5.97 Å². The van der Waals surface area contributed by atoms with E-state index in [0.29, 0.717) is 32.7 Å². The predicted octanol–water partition coefficient (Wildman–Crippen LogP) is 1.79. The van der Waals surface area contributed by atoms with Crippen LogP contribution in [0.1, 0.15) is 17.2 Å². The molecule has 0 fully saturated rings. The zero-order valence-electron chi connectivity index (χ0n) is 15.6. The van der Waals surface area contributed by atoms with E-state index >= 15 is 0 Å². The number of carboxylic acids is 1. The summed E-state index contributed by atoms with van der Waals surface area (Å²) in [5, 5.41) is 9.27. The predicted molar refractivity (Wildman–Crippen MR) is 104 cm³/mol. The minimum absolute atomic E-state index is 0.0330. The van der Waals surface area contributed by atoms with Crippen LogP contribution in [0.15, 0.2) is 61.2 Å². The van der Waals surface area contributed by atoms with E-state index in [1.165, 1.54) is 0 Å². The van der Waals surface area contributed by atoms with E-state index in [4.69, 9.17) is 0 Å². The molecule has 3 aromatic rings. The van der Waals surface area contributed by atoms with Crippen LogP contribution in [-0.2, 0) is 24.4 Å². The average Bonchev–Trinajstić information content (AvgIpc) is 3.20. The zero-order chi connectivity index (χ0) is 19.6. The Balaban J connectivity index is 1.65. The summed E-state index contributed by atoms with van der Waals surface area (Å²) in [6, 6.07) is 11.5. The Morgan fingerprint density at radius 3 is 2.04 bits per heavy atom. The van der Waals surface area contributed by atoms with Crippen LogP contribution < -0.4 is 0 Å². The number of hydrogen-bond donors (Lipinski definition) is 2. The molecule has 0 radical (unpaired) electrons. The van der Waals surface area contributed by atoms with Crippen LogP contribution >= 0.6 is 0 Å². The minimum atomic E-state index is -0.849. The normalized spacial score (nSPS) is 11.2. The van der Waals surface area contributed by atoms with Gasteiger partial charge in [0.15, 0.2) is 0 Å². The largest absolute Gasteiger partial charge is 0.480 e. The average molecular weight is 380 g/mol. The van der Waals surface area contributed by atoms with Crippen LogP contribution in [0, 0.1) is 0 Å². The Bertz CT molecular complexity index is 826. The highest BCUT2D eigenvalue weighted by Crippen LogP contribution is 2.07. The van der Waals surface area contributed by atoms with Crippen LogP contribution in [0.3, 0.4) is 0 Å². The molecular formula is C20H24N6O2. The molecule has 28 heavy (non-hydrogen) atoms. The van der Waals surface area contributed by atoms with Crippen molar-refractivity contribution in [3.05, 3.63) is 78.4 Å². The van der Waals surface area contributed by atoms with E-state index in [2.05, 4.69) is 24.8 Å². The molecule has 0 unspecified atom stereocenters. The second kappa shape index (κ2) is 10.3. The lowest BCUT2D eigenvalue weighted by Crippen LogP contribution is -2.37. The first-order chi connectivity index (χ1) is 13.7. The van der Waals surface area contributed by atoms with E-state index in [1.807, 2.05) is 41.3 Å². The summed E-state index contributed by atoms with van der Waals surface area (Å²) in [7, 11) is 0. The van der Waals surface area contributed by atoms with Gasteiger partial charge in [-0.1, -0.05) is 12.1 Å². The molecule has 0 saturated heterocycles. The second-order valence-corrected chi connectivity index (χ2v) is 6.49. The summed E-state index contributed by atoms with van der Waals surface area (Å²) in [5.74, 6) is 0.0173. The van der Waals surface area contributed by atoms with Crippen molar-refractivity contribution in [3.8, 4) is 0 Å². The molecule has 8 heteroatoms. The fourth-order valence-corrected chi connectivity index (χ4v) is 2.94. The Morgan fingerprint density at radius 2 is 1.50 bits per heavy atom. The number of carbonyl (C=O) groups is 1. The lowest BCUT2D eigenvalue weighted by molar-refractivity contribution is -0.138.